The molecule has 0 saturated carbocycles. The Balaban J connectivity index is 2.32. The highest BCUT2D eigenvalue weighted by molar-refractivity contribution is 5.30. The molecule has 1 heterocycles. The lowest BCUT2D eigenvalue weighted by Gasteiger charge is -2.07. The summed E-state index contributed by atoms with van der Waals surface area (Å²) < 4.78 is 36.7. The lowest BCUT2D eigenvalue weighted by atomic mass is 10.1. The molecule has 1 atom stereocenters. The molecule has 2 rings (SSSR count). The van der Waals surface area contributed by atoms with Gasteiger partial charge in [-0.2, -0.15) is 13.2 Å². The normalized spacial score (nSPS) is 21.6. The van der Waals surface area contributed by atoms with Gasteiger partial charge in [0.25, 0.3) is 0 Å². The second-order valence-corrected chi connectivity index (χ2v) is 3.08. The van der Waals surface area contributed by atoms with Gasteiger partial charge in [-0.05, 0) is 17.7 Å². The molecule has 1 nitrogen and oxygen atoms in total. The SMILES string of the molecule is FC(F)(F)c1cccc([C@@H]2CN2)c1. The molecule has 1 aliphatic rings. The van der Waals surface area contributed by atoms with E-state index >= 15 is 0 Å². The summed E-state index contributed by atoms with van der Waals surface area (Å²) in [7, 11) is 0. The van der Waals surface area contributed by atoms with E-state index in [4.69, 9.17) is 0 Å². The van der Waals surface area contributed by atoms with Gasteiger partial charge in [-0.15, -0.1) is 0 Å². The first-order chi connectivity index (χ1) is 6.07. The molecule has 1 aromatic rings. The molecule has 0 spiro atoms. The third-order valence-electron chi connectivity index (χ3n) is 2.02. The van der Waals surface area contributed by atoms with Crippen LogP contribution in [0.1, 0.15) is 17.2 Å². The zero-order chi connectivity index (χ0) is 9.47. The Labute approximate surface area is 73.6 Å². The first-order valence-corrected chi connectivity index (χ1v) is 3.98. The van der Waals surface area contributed by atoms with E-state index in [1.807, 2.05) is 0 Å². The van der Waals surface area contributed by atoms with Crippen molar-refractivity contribution in [1.82, 2.24) is 5.32 Å². The van der Waals surface area contributed by atoms with Crippen LogP contribution in [0.2, 0.25) is 0 Å². The first-order valence-electron chi connectivity index (χ1n) is 3.98. The maximum atomic E-state index is 12.2. The molecule has 0 unspecified atom stereocenters. The molecule has 13 heavy (non-hydrogen) atoms. The number of alkyl halides is 3. The van der Waals surface area contributed by atoms with Crippen molar-refractivity contribution in [2.75, 3.05) is 6.54 Å². The van der Waals surface area contributed by atoms with Gasteiger partial charge in [0.2, 0.25) is 0 Å². The van der Waals surface area contributed by atoms with Gasteiger partial charge in [-0.3, -0.25) is 0 Å². The summed E-state index contributed by atoms with van der Waals surface area (Å²) in [5, 5.41) is 2.96. The molecule has 1 aromatic carbocycles. The van der Waals surface area contributed by atoms with Crippen molar-refractivity contribution in [3.63, 3.8) is 0 Å². The third-order valence-corrected chi connectivity index (χ3v) is 2.02. The van der Waals surface area contributed by atoms with Gasteiger partial charge >= 0.3 is 6.18 Å². The maximum Gasteiger partial charge on any atom is 0.416 e. The van der Waals surface area contributed by atoms with Crippen molar-refractivity contribution in [3.05, 3.63) is 35.4 Å². The van der Waals surface area contributed by atoms with Crippen LogP contribution in [0.25, 0.3) is 0 Å². The molecule has 0 bridgehead atoms. The zero-order valence-corrected chi connectivity index (χ0v) is 6.73. The summed E-state index contributed by atoms with van der Waals surface area (Å²) in [6.45, 7) is 0.779. The second-order valence-electron chi connectivity index (χ2n) is 3.08. The van der Waals surface area contributed by atoms with E-state index in [-0.39, 0.29) is 6.04 Å². The molecule has 1 fully saturated rings. The fourth-order valence-electron chi connectivity index (χ4n) is 1.23. The van der Waals surface area contributed by atoms with E-state index in [0.717, 1.165) is 18.2 Å². The smallest absolute Gasteiger partial charge is 0.307 e. The third kappa shape index (κ3) is 1.83. The molecule has 0 aliphatic carbocycles. The lowest BCUT2D eigenvalue weighted by molar-refractivity contribution is -0.137. The molecule has 70 valence electrons. The van der Waals surface area contributed by atoms with E-state index in [1.54, 1.807) is 6.07 Å². The molecule has 0 amide bonds. The topological polar surface area (TPSA) is 21.9 Å². The quantitative estimate of drug-likeness (QED) is 0.669. The van der Waals surface area contributed by atoms with Gasteiger partial charge < -0.3 is 5.32 Å². The summed E-state index contributed by atoms with van der Waals surface area (Å²) in [4.78, 5) is 0. The van der Waals surface area contributed by atoms with Crippen LogP contribution in [0.5, 0.6) is 0 Å². The highest BCUT2D eigenvalue weighted by atomic mass is 19.4. The van der Waals surface area contributed by atoms with Crippen molar-refractivity contribution in [3.8, 4) is 0 Å². The summed E-state index contributed by atoms with van der Waals surface area (Å²) in [5.74, 6) is 0. The highest BCUT2D eigenvalue weighted by Crippen LogP contribution is 2.32. The van der Waals surface area contributed by atoms with Crippen molar-refractivity contribution in [2.24, 2.45) is 0 Å². The molecular formula is C9H8F3N. The molecule has 4 heteroatoms. The first kappa shape index (κ1) is 8.56. The van der Waals surface area contributed by atoms with Crippen LogP contribution < -0.4 is 5.32 Å². The Hall–Kier alpha value is -1.03. The Bertz CT molecular complexity index is 315. The number of rotatable bonds is 1. The largest absolute Gasteiger partial charge is 0.416 e. The fraction of sp³-hybridized carbons (Fsp3) is 0.333. The van der Waals surface area contributed by atoms with Crippen molar-refractivity contribution < 1.29 is 13.2 Å². The Morgan fingerprint density at radius 1 is 1.31 bits per heavy atom. The van der Waals surface area contributed by atoms with Crippen molar-refractivity contribution in [2.45, 2.75) is 12.2 Å². The van der Waals surface area contributed by atoms with E-state index < -0.39 is 11.7 Å². The summed E-state index contributed by atoms with van der Waals surface area (Å²) >= 11 is 0. The van der Waals surface area contributed by atoms with Gasteiger partial charge in [-0.25, -0.2) is 0 Å². The van der Waals surface area contributed by atoms with E-state index in [1.165, 1.54) is 12.1 Å². The van der Waals surface area contributed by atoms with Crippen LogP contribution >= 0.6 is 0 Å². The summed E-state index contributed by atoms with van der Waals surface area (Å²) in [6, 6.07) is 5.57. The van der Waals surface area contributed by atoms with Gasteiger partial charge in [0, 0.05) is 12.6 Å². The van der Waals surface area contributed by atoms with Crippen LogP contribution in [-0.4, -0.2) is 6.54 Å². The van der Waals surface area contributed by atoms with Crippen LogP contribution in [0.3, 0.4) is 0 Å². The van der Waals surface area contributed by atoms with Crippen molar-refractivity contribution >= 4 is 0 Å². The lowest BCUT2D eigenvalue weighted by Crippen LogP contribution is -2.05. The highest BCUT2D eigenvalue weighted by Gasteiger charge is 2.32. The molecule has 1 aliphatic heterocycles. The van der Waals surface area contributed by atoms with Crippen LogP contribution in [0.4, 0.5) is 13.2 Å². The average molecular weight is 187 g/mol. The predicted octanol–water partition coefficient (Wildman–Crippen LogP) is 2.35. The summed E-state index contributed by atoms with van der Waals surface area (Å²) in [5.41, 5.74) is 0.147. The van der Waals surface area contributed by atoms with E-state index in [9.17, 15) is 13.2 Å². The summed E-state index contributed by atoms with van der Waals surface area (Å²) in [6.07, 6.45) is -4.23. The second kappa shape index (κ2) is 2.73. The minimum absolute atomic E-state index is 0.127. The predicted molar refractivity (Wildman–Crippen MR) is 42.2 cm³/mol. The zero-order valence-electron chi connectivity index (χ0n) is 6.73. The van der Waals surface area contributed by atoms with E-state index in [2.05, 4.69) is 5.32 Å². The van der Waals surface area contributed by atoms with Gasteiger partial charge in [0.15, 0.2) is 0 Å². The maximum absolute atomic E-state index is 12.2. The molecule has 0 radical (unpaired) electrons. The standard InChI is InChI=1S/C9H8F3N/c10-9(11,12)7-3-1-2-6(4-7)8-5-13-8/h1-4,8,13H,5H2/t8-/m0/s1. The van der Waals surface area contributed by atoms with E-state index in [0.29, 0.717) is 0 Å². The number of benzene rings is 1. The van der Waals surface area contributed by atoms with Gasteiger partial charge in [0.1, 0.15) is 0 Å². The average Bonchev–Trinajstić information content (AvgIpc) is 2.85. The fourth-order valence-corrected chi connectivity index (χ4v) is 1.23. The molecule has 1 saturated heterocycles. The number of hydrogen-bond acceptors (Lipinski definition) is 1. The molecular weight excluding hydrogens is 179 g/mol. The Morgan fingerprint density at radius 2 is 2.00 bits per heavy atom. The van der Waals surface area contributed by atoms with Crippen LogP contribution in [-0.2, 0) is 6.18 Å². The minimum atomic E-state index is -4.23. The number of hydrogen-bond donors (Lipinski definition) is 1. The van der Waals surface area contributed by atoms with Gasteiger partial charge in [-0.1, -0.05) is 12.1 Å². The molecule has 1 N–H and O–H groups in total. The molecule has 0 aromatic heterocycles. The Morgan fingerprint density at radius 3 is 2.54 bits per heavy atom. The number of nitrogens with one attached hydrogen (secondary N) is 1. The van der Waals surface area contributed by atoms with Crippen LogP contribution in [0.15, 0.2) is 24.3 Å². The number of halogens is 3. The minimum Gasteiger partial charge on any atom is -0.307 e. The van der Waals surface area contributed by atoms with Crippen molar-refractivity contribution in [1.29, 1.82) is 0 Å². The monoisotopic (exact) mass is 187 g/mol. The van der Waals surface area contributed by atoms with Crippen LogP contribution in [0, 0.1) is 0 Å². The van der Waals surface area contributed by atoms with Gasteiger partial charge in [0.05, 0.1) is 5.56 Å². The Kier molecular flexibility index (Phi) is 1.80.